The number of nitrogens with two attached hydrogens (primary N) is 1. The second kappa shape index (κ2) is 2.59. The van der Waals surface area contributed by atoms with Gasteiger partial charge in [-0.2, -0.15) is 0 Å². The lowest BCUT2D eigenvalue weighted by Gasteiger charge is -2.03. The number of ketones is 1. The van der Waals surface area contributed by atoms with E-state index in [0.717, 1.165) is 22.0 Å². The topological polar surface area (TPSA) is 43.1 Å². The number of carbonyl (C=O) groups is 1. The van der Waals surface area contributed by atoms with Crippen molar-refractivity contribution in [2.45, 2.75) is 12.8 Å². The van der Waals surface area contributed by atoms with Crippen molar-refractivity contribution in [3.8, 4) is 0 Å². The van der Waals surface area contributed by atoms with E-state index in [-0.39, 0.29) is 5.78 Å². The van der Waals surface area contributed by atoms with Gasteiger partial charge in [-0.05, 0) is 40.0 Å². The molecule has 2 nitrogen and oxygen atoms in total. The lowest BCUT2D eigenvalue weighted by Crippen LogP contribution is -1.94. The van der Waals surface area contributed by atoms with Crippen LogP contribution < -0.4 is 5.73 Å². The third-order valence-electron chi connectivity index (χ3n) is 2.18. The Morgan fingerprint density at radius 3 is 2.83 bits per heavy atom. The number of nitrogen functional groups attached to an aromatic ring is 1. The number of fused-ring (bicyclic) bond motifs is 1. The zero-order valence-corrected chi connectivity index (χ0v) is 8.02. The summed E-state index contributed by atoms with van der Waals surface area (Å²) in [6.07, 6.45) is 1.44. The molecule has 12 heavy (non-hydrogen) atoms. The van der Waals surface area contributed by atoms with E-state index < -0.39 is 0 Å². The van der Waals surface area contributed by atoms with Gasteiger partial charge in [0, 0.05) is 22.1 Å². The quantitative estimate of drug-likeness (QED) is 0.689. The number of hydrogen-bond donors (Lipinski definition) is 1. The van der Waals surface area contributed by atoms with E-state index >= 15 is 0 Å². The number of carbonyl (C=O) groups excluding carboxylic acids is 1. The molecule has 0 aromatic heterocycles. The van der Waals surface area contributed by atoms with Crippen molar-refractivity contribution in [1.82, 2.24) is 0 Å². The van der Waals surface area contributed by atoms with E-state index in [0.29, 0.717) is 12.1 Å². The van der Waals surface area contributed by atoms with Crippen molar-refractivity contribution < 1.29 is 4.79 Å². The molecule has 0 heterocycles. The molecule has 1 aromatic carbocycles. The van der Waals surface area contributed by atoms with Crippen molar-refractivity contribution in [3.05, 3.63) is 27.7 Å². The summed E-state index contributed by atoms with van der Waals surface area (Å²) in [4.78, 5) is 11.3. The number of Topliss-reactive ketones (excluding diaryl/α,β-unsaturated/α-hetero) is 1. The second-order valence-electron chi connectivity index (χ2n) is 2.92. The van der Waals surface area contributed by atoms with Crippen molar-refractivity contribution in [2.24, 2.45) is 0 Å². The molecule has 0 bridgehead atoms. The summed E-state index contributed by atoms with van der Waals surface area (Å²) in [7, 11) is 0. The van der Waals surface area contributed by atoms with Crippen molar-refractivity contribution in [3.63, 3.8) is 0 Å². The van der Waals surface area contributed by atoms with Gasteiger partial charge in [0.2, 0.25) is 0 Å². The average Bonchev–Trinajstić information content (AvgIpc) is 2.41. The molecule has 62 valence electrons. The van der Waals surface area contributed by atoms with Crippen LogP contribution in [-0.4, -0.2) is 5.78 Å². The highest BCUT2D eigenvalue weighted by Crippen LogP contribution is 2.32. The summed E-state index contributed by atoms with van der Waals surface area (Å²) < 4.78 is 0.894. The van der Waals surface area contributed by atoms with E-state index in [1.807, 2.05) is 6.07 Å². The van der Waals surface area contributed by atoms with E-state index in [4.69, 9.17) is 5.73 Å². The van der Waals surface area contributed by atoms with Crippen LogP contribution in [0.25, 0.3) is 0 Å². The molecular formula is C9H8BrNO. The standard InChI is InChI=1S/C9H8BrNO/c10-9-6-2-4-8(12)5(6)1-3-7(9)11/h1,3H,2,4,11H2. The Morgan fingerprint density at radius 1 is 1.33 bits per heavy atom. The molecule has 0 aliphatic heterocycles. The highest BCUT2D eigenvalue weighted by atomic mass is 79.9. The minimum absolute atomic E-state index is 0.228. The van der Waals surface area contributed by atoms with Crippen LogP contribution in [0.1, 0.15) is 22.3 Å². The van der Waals surface area contributed by atoms with E-state index in [2.05, 4.69) is 15.9 Å². The number of benzene rings is 1. The summed E-state index contributed by atoms with van der Waals surface area (Å²) in [5, 5.41) is 0. The van der Waals surface area contributed by atoms with Gasteiger partial charge in [0.05, 0.1) is 0 Å². The zero-order chi connectivity index (χ0) is 8.72. The first-order chi connectivity index (χ1) is 5.70. The van der Waals surface area contributed by atoms with Gasteiger partial charge in [-0.25, -0.2) is 0 Å². The molecule has 1 aliphatic carbocycles. The van der Waals surface area contributed by atoms with Gasteiger partial charge in [0.15, 0.2) is 5.78 Å². The predicted molar refractivity (Wildman–Crippen MR) is 51.2 cm³/mol. The van der Waals surface area contributed by atoms with Gasteiger partial charge in [-0.1, -0.05) is 0 Å². The maximum Gasteiger partial charge on any atom is 0.163 e. The fraction of sp³-hybridized carbons (Fsp3) is 0.222. The van der Waals surface area contributed by atoms with Gasteiger partial charge in [0.25, 0.3) is 0 Å². The highest BCUT2D eigenvalue weighted by Gasteiger charge is 2.22. The summed E-state index contributed by atoms with van der Waals surface area (Å²) in [5.41, 5.74) is 8.29. The molecule has 0 saturated carbocycles. The molecule has 0 atom stereocenters. The van der Waals surface area contributed by atoms with Crippen molar-refractivity contribution >= 4 is 27.4 Å². The first kappa shape index (κ1) is 7.80. The minimum atomic E-state index is 0.228. The lowest BCUT2D eigenvalue weighted by molar-refractivity contribution is 0.0994. The number of hydrogen-bond acceptors (Lipinski definition) is 2. The average molecular weight is 226 g/mol. The number of halogens is 1. The normalized spacial score (nSPS) is 14.9. The first-order valence-corrected chi connectivity index (χ1v) is 4.59. The maximum atomic E-state index is 11.3. The molecule has 0 unspecified atom stereocenters. The van der Waals surface area contributed by atoms with Gasteiger partial charge < -0.3 is 5.73 Å². The van der Waals surface area contributed by atoms with Gasteiger partial charge >= 0.3 is 0 Å². The molecule has 0 radical (unpaired) electrons. The number of anilines is 1. The fourth-order valence-corrected chi connectivity index (χ4v) is 2.06. The highest BCUT2D eigenvalue weighted by molar-refractivity contribution is 9.10. The van der Waals surface area contributed by atoms with Crippen LogP contribution in [0.2, 0.25) is 0 Å². The minimum Gasteiger partial charge on any atom is -0.398 e. The van der Waals surface area contributed by atoms with Crippen LogP contribution in [0.15, 0.2) is 16.6 Å². The summed E-state index contributed by atoms with van der Waals surface area (Å²) in [5.74, 6) is 0.228. The van der Waals surface area contributed by atoms with Crippen LogP contribution in [0.4, 0.5) is 5.69 Å². The van der Waals surface area contributed by atoms with Crippen molar-refractivity contribution in [2.75, 3.05) is 5.73 Å². The van der Waals surface area contributed by atoms with Gasteiger partial charge in [-0.3, -0.25) is 4.79 Å². The molecule has 1 aromatic rings. The Kier molecular flexibility index (Phi) is 1.68. The van der Waals surface area contributed by atoms with E-state index in [9.17, 15) is 4.79 Å². The third kappa shape index (κ3) is 0.966. The smallest absolute Gasteiger partial charge is 0.163 e. The first-order valence-electron chi connectivity index (χ1n) is 3.80. The Labute approximate surface area is 78.9 Å². The summed E-state index contributed by atoms with van der Waals surface area (Å²) in [6, 6.07) is 3.58. The summed E-state index contributed by atoms with van der Waals surface area (Å²) in [6.45, 7) is 0. The third-order valence-corrected chi connectivity index (χ3v) is 3.11. The van der Waals surface area contributed by atoms with Crippen LogP contribution in [0.5, 0.6) is 0 Å². The molecule has 2 N–H and O–H groups in total. The Balaban J connectivity index is 2.68. The molecular weight excluding hydrogens is 218 g/mol. The van der Waals surface area contributed by atoms with E-state index in [1.54, 1.807) is 6.07 Å². The molecule has 0 fully saturated rings. The Bertz CT molecular complexity index is 360. The van der Waals surface area contributed by atoms with Gasteiger partial charge in [-0.15, -0.1) is 0 Å². The van der Waals surface area contributed by atoms with Crippen molar-refractivity contribution in [1.29, 1.82) is 0 Å². The fourth-order valence-electron chi connectivity index (χ4n) is 1.52. The van der Waals surface area contributed by atoms with Crippen LogP contribution in [-0.2, 0) is 6.42 Å². The molecule has 1 aliphatic rings. The predicted octanol–water partition coefficient (Wildman–Crippen LogP) is 2.16. The summed E-state index contributed by atoms with van der Waals surface area (Å²) >= 11 is 3.38. The molecule has 0 amide bonds. The molecule has 2 rings (SSSR count). The SMILES string of the molecule is Nc1ccc2c(c1Br)CCC2=O. The van der Waals surface area contributed by atoms with Crippen LogP contribution in [0, 0.1) is 0 Å². The van der Waals surface area contributed by atoms with Crippen LogP contribution in [0.3, 0.4) is 0 Å². The monoisotopic (exact) mass is 225 g/mol. The van der Waals surface area contributed by atoms with Crippen LogP contribution >= 0.6 is 15.9 Å². The number of rotatable bonds is 0. The second-order valence-corrected chi connectivity index (χ2v) is 3.71. The Hall–Kier alpha value is -0.830. The molecule has 0 spiro atoms. The lowest BCUT2D eigenvalue weighted by atomic mass is 10.1. The molecule has 3 heteroatoms. The zero-order valence-electron chi connectivity index (χ0n) is 6.43. The maximum absolute atomic E-state index is 11.3. The molecule has 0 saturated heterocycles. The van der Waals surface area contributed by atoms with Gasteiger partial charge in [0.1, 0.15) is 0 Å². The van der Waals surface area contributed by atoms with E-state index in [1.165, 1.54) is 0 Å². The largest absolute Gasteiger partial charge is 0.398 e. The Morgan fingerprint density at radius 2 is 2.08 bits per heavy atom.